The first-order valence-electron chi connectivity index (χ1n) is 6.54. The van der Waals surface area contributed by atoms with Gasteiger partial charge in [0.2, 0.25) is 5.91 Å². The number of amides is 1. The average Bonchev–Trinajstić information content (AvgIpc) is 2.63. The van der Waals surface area contributed by atoms with E-state index in [4.69, 9.17) is 0 Å². The number of hydrogen-bond donors (Lipinski definition) is 1. The quantitative estimate of drug-likeness (QED) is 0.766. The Hall–Kier alpha value is -0.860. The van der Waals surface area contributed by atoms with Crippen molar-refractivity contribution in [3.05, 3.63) is 0 Å². The molecule has 3 nitrogen and oxygen atoms in total. The zero-order valence-corrected chi connectivity index (χ0v) is 11.3. The van der Waals surface area contributed by atoms with E-state index in [0.29, 0.717) is 0 Å². The van der Waals surface area contributed by atoms with E-state index < -0.39 is 0 Å². The van der Waals surface area contributed by atoms with E-state index in [1.54, 1.807) is 0 Å². The molecule has 0 heterocycles. The molecule has 2 fully saturated rings. The summed E-state index contributed by atoms with van der Waals surface area (Å²) in [7, 11) is 0. The molecule has 2 rings (SSSR count). The summed E-state index contributed by atoms with van der Waals surface area (Å²) < 4.78 is 0. The van der Waals surface area contributed by atoms with E-state index in [0.717, 1.165) is 5.92 Å². The van der Waals surface area contributed by atoms with Crippen LogP contribution in [-0.4, -0.2) is 17.7 Å². The first kappa shape index (κ1) is 12.6. The normalized spacial score (nSPS) is 38.1. The third-order valence-electron chi connectivity index (χ3n) is 4.98. The van der Waals surface area contributed by atoms with Gasteiger partial charge >= 0.3 is 0 Å². The second-order valence-electron chi connectivity index (χ2n) is 6.79. The van der Waals surface area contributed by atoms with E-state index in [2.05, 4.69) is 26.1 Å². The van der Waals surface area contributed by atoms with Crippen molar-refractivity contribution in [3.63, 3.8) is 0 Å². The van der Waals surface area contributed by atoms with Crippen LogP contribution in [0.2, 0.25) is 0 Å². The molecule has 0 spiro atoms. The van der Waals surface area contributed by atoms with Gasteiger partial charge in [0.15, 0.2) is 0 Å². The third-order valence-corrected chi connectivity index (χ3v) is 4.98. The summed E-state index contributed by atoms with van der Waals surface area (Å²) in [5.41, 5.74) is 0.403. The molecule has 0 aromatic carbocycles. The van der Waals surface area contributed by atoms with Crippen LogP contribution >= 0.6 is 0 Å². The molecule has 17 heavy (non-hydrogen) atoms. The van der Waals surface area contributed by atoms with E-state index in [1.807, 2.05) is 0 Å². The lowest BCUT2D eigenvalue weighted by molar-refractivity contribution is -0.129. The summed E-state index contributed by atoms with van der Waals surface area (Å²) in [6.07, 6.45) is 3.72. The highest BCUT2D eigenvalue weighted by Crippen LogP contribution is 2.62. The van der Waals surface area contributed by atoms with Crippen LogP contribution in [-0.2, 0) is 9.59 Å². The molecule has 2 aliphatic rings. The van der Waals surface area contributed by atoms with Crippen LogP contribution in [0.1, 0.15) is 53.4 Å². The molecule has 3 heteroatoms. The lowest BCUT2D eigenvalue weighted by Gasteiger charge is -2.43. The Balaban J connectivity index is 2.10. The number of carbonyl (C=O) groups is 2. The van der Waals surface area contributed by atoms with Gasteiger partial charge in [-0.3, -0.25) is 9.59 Å². The summed E-state index contributed by atoms with van der Waals surface area (Å²) >= 11 is 0. The van der Waals surface area contributed by atoms with E-state index in [1.165, 1.54) is 26.2 Å². The van der Waals surface area contributed by atoms with Crippen LogP contribution in [0.25, 0.3) is 0 Å². The Morgan fingerprint density at radius 1 is 1.29 bits per heavy atom. The predicted octanol–water partition coefficient (Wildman–Crippen LogP) is 2.30. The number of fused-ring (bicyclic) bond motifs is 2. The van der Waals surface area contributed by atoms with Gasteiger partial charge < -0.3 is 5.32 Å². The summed E-state index contributed by atoms with van der Waals surface area (Å²) in [6, 6.07) is 0.223. The average molecular weight is 237 g/mol. The lowest BCUT2D eigenvalue weighted by atomic mass is 9.68. The van der Waals surface area contributed by atoms with Crippen molar-refractivity contribution in [1.29, 1.82) is 0 Å². The summed E-state index contributed by atoms with van der Waals surface area (Å²) in [5.74, 6) is 0.549. The van der Waals surface area contributed by atoms with Crippen molar-refractivity contribution < 1.29 is 9.59 Å². The molecule has 3 unspecified atom stereocenters. The van der Waals surface area contributed by atoms with Gasteiger partial charge in [0.1, 0.15) is 5.78 Å². The van der Waals surface area contributed by atoms with Gasteiger partial charge in [-0.05, 0) is 42.9 Å². The van der Waals surface area contributed by atoms with Gasteiger partial charge in [-0.1, -0.05) is 20.8 Å². The molecule has 0 saturated heterocycles. The van der Waals surface area contributed by atoms with Gasteiger partial charge in [-0.25, -0.2) is 0 Å². The van der Waals surface area contributed by atoms with Crippen molar-refractivity contribution in [2.75, 3.05) is 0 Å². The highest BCUT2D eigenvalue weighted by Gasteiger charge is 2.59. The van der Waals surface area contributed by atoms with E-state index in [9.17, 15) is 9.59 Å². The van der Waals surface area contributed by atoms with Crippen LogP contribution in [0.3, 0.4) is 0 Å². The monoisotopic (exact) mass is 237 g/mol. The molecule has 0 aromatic heterocycles. The SMILES string of the molecule is CC(=O)CC(=O)NC1C2(C)CCC(C2)C1(C)C. The third kappa shape index (κ3) is 2.00. The van der Waals surface area contributed by atoms with Gasteiger partial charge in [0, 0.05) is 6.04 Å². The molecule has 0 radical (unpaired) electrons. The summed E-state index contributed by atoms with van der Waals surface area (Å²) in [6.45, 7) is 8.25. The largest absolute Gasteiger partial charge is 0.352 e. The van der Waals surface area contributed by atoms with Crippen LogP contribution in [0.15, 0.2) is 0 Å². The summed E-state index contributed by atoms with van der Waals surface area (Å²) in [5, 5.41) is 3.11. The molecule has 1 N–H and O–H groups in total. The number of rotatable bonds is 3. The maximum atomic E-state index is 11.8. The van der Waals surface area contributed by atoms with Crippen molar-refractivity contribution in [1.82, 2.24) is 5.32 Å². The van der Waals surface area contributed by atoms with Crippen LogP contribution < -0.4 is 5.32 Å². The fourth-order valence-electron chi connectivity index (χ4n) is 4.10. The number of Topliss-reactive ketones (excluding diaryl/α,β-unsaturated/α-hetero) is 1. The minimum Gasteiger partial charge on any atom is -0.352 e. The molecule has 2 aliphatic carbocycles. The van der Waals surface area contributed by atoms with Gasteiger partial charge in [0.25, 0.3) is 0 Å². The first-order chi connectivity index (χ1) is 7.75. The minimum atomic E-state index is -0.107. The van der Waals surface area contributed by atoms with Crippen LogP contribution in [0.4, 0.5) is 0 Å². The van der Waals surface area contributed by atoms with Crippen molar-refractivity contribution in [3.8, 4) is 0 Å². The maximum Gasteiger partial charge on any atom is 0.227 e. The second kappa shape index (κ2) is 3.82. The highest BCUT2D eigenvalue weighted by molar-refractivity contribution is 5.96. The topological polar surface area (TPSA) is 46.2 Å². The molecule has 1 amide bonds. The van der Waals surface area contributed by atoms with E-state index >= 15 is 0 Å². The number of carbonyl (C=O) groups excluding carboxylic acids is 2. The molecule has 3 atom stereocenters. The number of ketones is 1. The second-order valence-corrected chi connectivity index (χ2v) is 6.79. The standard InChI is InChI=1S/C14H23NO2/c1-9(16)7-11(17)15-12-13(2,3)10-5-6-14(12,4)8-10/h10,12H,5-8H2,1-4H3,(H,15,17). The van der Waals surface area contributed by atoms with Crippen molar-refractivity contribution in [2.45, 2.75) is 59.4 Å². The Bertz CT molecular complexity index is 356. The Morgan fingerprint density at radius 2 is 1.94 bits per heavy atom. The first-order valence-corrected chi connectivity index (χ1v) is 6.54. The highest BCUT2D eigenvalue weighted by atomic mass is 16.2. The fraction of sp³-hybridized carbons (Fsp3) is 0.857. The Morgan fingerprint density at radius 3 is 2.41 bits per heavy atom. The Kier molecular flexibility index (Phi) is 2.83. The van der Waals surface area contributed by atoms with Gasteiger partial charge in [-0.2, -0.15) is 0 Å². The van der Waals surface area contributed by atoms with Crippen LogP contribution in [0.5, 0.6) is 0 Å². The molecule has 2 saturated carbocycles. The van der Waals surface area contributed by atoms with E-state index in [-0.39, 0.29) is 35.0 Å². The number of hydrogen-bond acceptors (Lipinski definition) is 2. The van der Waals surface area contributed by atoms with Crippen molar-refractivity contribution >= 4 is 11.7 Å². The molecule has 0 aliphatic heterocycles. The molecular formula is C14H23NO2. The zero-order valence-electron chi connectivity index (χ0n) is 11.3. The summed E-state index contributed by atoms with van der Waals surface area (Å²) in [4.78, 5) is 22.8. The van der Waals surface area contributed by atoms with Crippen LogP contribution in [0, 0.1) is 16.7 Å². The van der Waals surface area contributed by atoms with Gasteiger partial charge in [-0.15, -0.1) is 0 Å². The van der Waals surface area contributed by atoms with Crippen molar-refractivity contribution in [2.24, 2.45) is 16.7 Å². The molecular weight excluding hydrogens is 214 g/mol. The number of nitrogens with one attached hydrogen (secondary N) is 1. The minimum absolute atomic E-state index is 0.0212. The van der Waals surface area contributed by atoms with Gasteiger partial charge in [0.05, 0.1) is 6.42 Å². The molecule has 96 valence electrons. The molecule has 0 aromatic rings. The lowest BCUT2D eigenvalue weighted by Crippen LogP contribution is -2.52. The fourth-order valence-corrected chi connectivity index (χ4v) is 4.10. The zero-order chi connectivity index (χ0) is 12.8. The molecule has 2 bridgehead atoms. The maximum absolute atomic E-state index is 11.8. The Labute approximate surface area is 103 Å². The smallest absolute Gasteiger partial charge is 0.227 e. The predicted molar refractivity (Wildman–Crippen MR) is 66.5 cm³/mol.